The predicted molar refractivity (Wildman–Crippen MR) is 88.7 cm³/mol. The van der Waals surface area contributed by atoms with E-state index in [0.29, 0.717) is 0 Å². The lowest BCUT2D eigenvalue weighted by molar-refractivity contribution is 0.423. The van der Waals surface area contributed by atoms with Crippen LogP contribution in [-0.4, -0.2) is 15.5 Å². The lowest BCUT2D eigenvalue weighted by Gasteiger charge is -2.20. The lowest BCUT2D eigenvalue weighted by Crippen LogP contribution is -2.35. The Morgan fingerprint density at radius 1 is 1.10 bits per heavy atom. The minimum atomic E-state index is 0.104. The Morgan fingerprint density at radius 2 is 1.76 bits per heavy atom. The summed E-state index contributed by atoms with van der Waals surface area (Å²) in [5.74, 6) is 0. The molecule has 0 saturated carbocycles. The van der Waals surface area contributed by atoms with Crippen molar-refractivity contribution >= 4 is 11.8 Å². The molecule has 112 valence electrons. The zero-order valence-electron chi connectivity index (χ0n) is 13.4. The molecule has 0 fully saturated rings. The fourth-order valence-electron chi connectivity index (χ4n) is 1.87. The van der Waals surface area contributed by atoms with Crippen molar-refractivity contribution in [3.05, 3.63) is 47.3 Å². The van der Waals surface area contributed by atoms with Crippen molar-refractivity contribution < 1.29 is 0 Å². The standard InChI is InChI=1S/C17H23N3S/c1-12-6-7-15(13(2)8-12)21-16-18-9-14(10-19-16)11-20-17(3,4)5/h6-10,20H,11H2,1-5H3. The molecule has 0 spiro atoms. The van der Waals surface area contributed by atoms with E-state index in [4.69, 9.17) is 0 Å². The van der Waals surface area contributed by atoms with Crippen LogP contribution < -0.4 is 5.32 Å². The van der Waals surface area contributed by atoms with Crippen LogP contribution in [0.25, 0.3) is 0 Å². The molecule has 1 aromatic heterocycles. The van der Waals surface area contributed by atoms with E-state index in [0.717, 1.165) is 17.3 Å². The molecule has 0 aliphatic heterocycles. The number of benzene rings is 1. The van der Waals surface area contributed by atoms with Gasteiger partial charge in [0.2, 0.25) is 0 Å². The second kappa shape index (κ2) is 6.58. The molecule has 0 saturated heterocycles. The third kappa shape index (κ3) is 5.14. The zero-order chi connectivity index (χ0) is 15.5. The summed E-state index contributed by atoms with van der Waals surface area (Å²) in [5, 5.41) is 4.23. The van der Waals surface area contributed by atoms with Crippen LogP contribution in [0.4, 0.5) is 0 Å². The molecule has 0 aliphatic rings. The summed E-state index contributed by atoms with van der Waals surface area (Å²) in [7, 11) is 0. The topological polar surface area (TPSA) is 37.8 Å². The van der Waals surface area contributed by atoms with Gasteiger partial charge in [0, 0.05) is 34.9 Å². The minimum absolute atomic E-state index is 0.104. The van der Waals surface area contributed by atoms with Gasteiger partial charge in [0.25, 0.3) is 0 Å². The molecule has 1 aromatic carbocycles. The van der Waals surface area contributed by atoms with Gasteiger partial charge >= 0.3 is 0 Å². The van der Waals surface area contributed by atoms with E-state index in [1.807, 2.05) is 12.4 Å². The predicted octanol–water partition coefficient (Wildman–Crippen LogP) is 4.13. The van der Waals surface area contributed by atoms with Crippen LogP contribution in [0.3, 0.4) is 0 Å². The number of nitrogens with zero attached hydrogens (tertiary/aromatic N) is 2. The van der Waals surface area contributed by atoms with Crippen LogP contribution >= 0.6 is 11.8 Å². The zero-order valence-corrected chi connectivity index (χ0v) is 14.2. The van der Waals surface area contributed by atoms with Crippen LogP contribution in [0.5, 0.6) is 0 Å². The van der Waals surface area contributed by atoms with Crippen molar-refractivity contribution in [2.24, 2.45) is 0 Å². The van der Waals surface area contributed by atoms with Gasteiger partial charge in [-0.15, -0.1) is 0 Å². The van der Waals surface area contributed by atoms with Crippen molar-refractivity contribution in [2.75, 3.05) is 0 Å². The number of aryl methyl sites for hydroxylation is 2. The lowest BCUT2D eigenvalue weighted by atomic mass is 10.1. The number of aromatic nitrogens is 2. The van der Waals surface area contributed by atoms with Crippen molar-refractivity contribution in [3.8, 4) is 0 Å². The van der Waals surface area contributed by atoms with Crippen LogP contribution in [0, 0.1) is 13.8 Å². The Morgan fingerprint density at radius 3 is 2.33 bits per heavy atom. The number of hydrogen-bond acceptors (Lipinski definition) is 4. The third-order valence-corrected chi connectivity index (χ3v) is 4.11. The third-order valence-electron chi connectivity index (χ3n) is 3.04. The second-order valence-electron chi connectivity index (χ2n) is 6.35. The molecule has 0 unspecified atom stereocenters. The molecule has 2 rings (SSSR count). The van der Waals surface area contributed by atoms with Crippen molar-refractivity contribution in [2.45, 2.75) is 56.8 Å². The Balaban J connectivity index is 2.02. The van der Waals surface area contributed by atoms with Crippen LogP contribution in [-0.2, 0) is 6.54 Å². The summed E-state index contributed by atoms with van der Waals surface area (Å²) in [6.45, 7) is 11.5. The van der Waals surface area contributed by atoms with E-state index in [1.165, 1.54) is 16.0 Å². The first-order valence-electron chi connectivity index (χ1n) is 7.14. The van der Waals surface area contributed by atoms with Crippen molar-refractivity contribution in [1.29, 1.82) is 0 Å². The fourth-order valence-corrected chi connectivity index (χ4v) is 2.63. The highest BCUT2D eigenvalue weighted by Gasteiger charge is 2.09. The average molecular weight is 301 g/mol. The number of hydrogen-bond donors (Lipinski definition) is 1. The van der Waals surface area contributed by atoms with E-state index < -0.39 is 0 Å². The Hall–Kier alpha value is -1.39. The van der Waals surface area contributed by atoms with Gasteiger partial charge in [-0.3, -0.25) is 0 Å². The molecule has 0 radical (unpaired) electrons. The fraction of sp³-hybridized carbons (Fsp3) is 0.412. The van der Waals surface area contributed by atoms with E-state index in [1.54, 1.807) is 11.8 Å². The Labute approximate surface area is 131 Å². The molecule has 3 nitrogen and oxygen atoms in total. The first kappa shape index (κ1) is 16.0. The highest BCUT2D eigenvalue weighted by Crippen LogP contribution is 2.27. The number of nitrogens with one attached hydrogen (secondary N) is 1. The first-order valence-corrected chi connectivity index (χ1v) is 7.96. The van der Waals surface area contributed by atoms with Gasteiger partial charge in [0.1, 0.15) is 0 Å². The van der Waals surface area contributed by atoms with E-state index in [2.05, 4.69) is 68.1 Å². The van der Waals surface area contributed by atoms with Gasteiger partial charge in [-0.25, -0.2) is 9.97 Å². The maximum Gasteiger partial charge on any atom is 0.192 e. The molecule has 0 atom stereocenters. The van der Waals surface area contributed by atoms with E-state index in [-0.39, 0.29) is 5.54 Å². The van der Waals surface area contributed by atoms with Gasteiger partial charge in [-0.1, -0.05) is 17.7 Å². The number of rotatable bonds is 4. The molecular formula is C17H23N3S. The maximum absolute atomic E-state index is 4.45. The molecule has 4 heteroatoms. The largest absolute Gasteiger partial charge is 0.308 e. The van der Waals surface area contributed by atoms with Crippen LogP contribution in [0.1, 0.15) is 37.5 Å². The minimum Gasteiger partial charge on any atom is -0.308 e. The normalized spacial score (nSPS) is 11.7. The van der Waals surface area contributed by atoms with Gasteiger partial charge in [0.05, 0.1) is 0 Å². The summed E-state index contributed by atoms with van der Waals surface area (Å²) in [5.41, 5.74) is 3.75. The summed E-state index contributed by atoms with van der Waals surface area (Å²) in [6.07, 6.45) is 3.80. The van der Waals surface area contributed by atoms with Crippen LogP contribution in [0.2, 0.25) is 0 Å². The summed E-state index contributed by atoms with van der Waals surface area (Å²) >= 11 is 1.61. The van der Waals surface area contributed by atoms with Crippen molar-refractivity contribution in [1.82, 2.24) is 15.3 Å². The SMILES string of the molecule is Cc1ccc(Sc2ncc(CNC(C)(C)C)cn2)c(C)c1. The second-order valence-corrected chi connectivity index (χ2v) is 7.36. The van der Waals surface area contributed by atoms with E-state index >= 15 is 0 Å². The summed E-state index contributed by atoms with van der Waals surface area (Å²) < 4.78 is 0. The molecule has 0 amide bonds. The molecule has 1 heterocycles. The molecule has 0 aliphatic carbocycles. The average Bonchev–Trinajstić information content (AvgIpc) is 2.40. The van der Waals surface area contributed by atoms with E-state index in [9.17, 15) is 0 Å². The summed E-state index contributed by atoms with van der Waals surface area (Å²) in [6, 6.07) is 6.44. The molecule has 0 bridgehead atoms. The van der Waals surface area contributed by atoms with Crippen LogP contribution in [0.15, 0.2) is 40.6 Å². The van der Waals surface area contributed by atoms with Gasteiger partial charge in [-0.2, -0.15) is 0 Å². The highest BCUT2D eigenvalue weighted by atomic mass is 32.2. The summed E-state index contributed by atoms with van der Waals surface area (Å²) in [4.78, 5) is 10.1. The molecular weight excluding hydrogens is 278 g/mol. The van der Waals surface area contributed by atoms with Gasteiger partial charge < -0.3 is 5.32 Å². The quantitative estimate of drug-likeness (QED) is 0.862. The Kier molecular flexibility index (Phi) is 5.01. The maximum atomic E-state index is 4.45. The molecule has 2 aromatic rings. The smallest absolute Gasteiger partial charge is 0.192 e. The van der Waals surface area contributed by atoms with Gasteiger partial charge in [-0.05, 0) is 58.0 Å². The molecule has 1 N–H and O–H groups in total. The first-order chi connectivity index (χ1) is 9.83. The van der Waals surface area contributed by atoms with Gasteiger partial charge in [0.15, 0.2) is 5.16 Å². The molecule has 21 heavy (non-hydrogen) atoms. The monoisotopic (exact) mass is 301 g/mol. The Bertz CT molecular complexity index is 600. The van der Waals surface area contributed by atoms with Crippen molar-refractivity contribution in [3.63, 3.8) is 0 Å². The highest BCUT2D eigenvalue weighted by molar-refractivity contribution is 7.99.